The zero-order chi connectivity index (χ0) is 17.9. The first-order chi connectivity index (χ1) is 11.2. The Morgan fingerprint density at radius 3 is 2.38 bits per heavy atom. The van der Waals surface area contributed by atoms with Crippen molar-refractivity contribution < 1.29 is 26.8 Å². The average molecular weight is 343 g/mol. The Labute approximate surface area is 134 Å². The van der Waals surface area contributed by atoms with Gasteiger partial charge in [0.05, 0.1) is 5.56 Å². The molecule has 0 fully saturated rings. The van der Waals surface area contributed by atoms with Gasteiger partial charge in [-0.15, -0.1) is 10.2 Å². The normalized spacial score (nSPS) is 13.7. The molecule has 0 aliphatic rings. The van der Waals surface area contributed by atoms with Crippen molar-refractivity contribution in [1.29, 1.82) is 0 Å². The van der Waals surface area contributed by atoms with Crippen LogP contribution < -0.4 is 5.32 Å². The van der Waals surface area contributed by atoms with Gasteiger partial charge in [-0.3, -0.25) is 4.79 Å². The van der Waals surface area contributed by atoms with Gasteiger partial charge < -0.3 is 9.73 Å². The van der Waals surface area contributed by atoms with Crippen molar-refractivity contribution in [2.75, 3.05) is 0 Å². The molecule has 1 unspecified atom stereocenters. The van der Waals surface area contributed by atoms with Crippen LogP contribution in [0, 0.1) is 6.92 Å². The Kier molecular flexibility index (Phi) is 5.01. The molecule has 0 aliphatic heterocycles. The Hall–Kier alpha value is -2.71. The van der Waals surface area contributed by atoms with Crippen molar-refractivity contribution in [2.45, 2.75) is 26.1 Å². The van der Waals surface area contributed by atoms with E-state index in [1.807, 2.05) is 0 Å². The van der Waals surface area contributed by atoms with E-state index in [9.17, 15) is 22.4 Å². The minimum atomic E-state index is -4.48. The molecule has 2 aromatic rings. The highest BCUT2D eigenvalue weighted by atomic mass is 19.4. The van der Waals surface area contributed by atoms with E-state index in [1.165, 1.54) is 6.92 Å². The Bertz CT molecular complexity index is 751. The number of alkyl halides is 3. The molecule has 128 valence electrons. The molecule has 9 heteroatoms. The van der Waals surface area contributed by atoms with Crippen LogP contribution >= 0.6 is 0 Å². The van der Waals surface area contributed by atoms with E-state index in [0.717, 1.165) is 30.3 Å². The lowest BCUT2D eigenvalue weighted by atomic mass is 10.1. The second-order valence-electron chi connectivity index (χ2n) is 4.97. The molecule has 1 aromatic carbocycles. The van der Waals surface area contributed by atoms with E-state index in [0.29, 0.717) is 5.89 Å². The molecule has 0 bridgehead atoms. The van der Waals surface area contributed by atoms with Gasteiger partial charge in [-0.1, -0.05) is 12.1 Å². The molecule has 2 rings (SSSR count). The first-order valence-corrected chi connectivity index (χ1v) is 6.82. The van der Waals surface area contributed by atoms with Crippen LogP contribution in [-0.2, 0) is 11.0 Å². The van der Waals surface area contributed by atoms with Crippen LogP contribution in [0.5, 0.6) is 0 Å². The third-order valence-electron chi connectivity index (χ3n) is 3.01. The van der Waals surface area contributed by atoms with Gasteiger partial charge in [-0.25, -0.2) is 4.39 Å². The molecule has 0 saturated heterocycles. The maximum Gasteiger partial charge on any atom is 0.416 e. The summed E-state index contributed by atoms with van der Waals surface area (Å²) in [6.45, 7) is 3.09. The number of aromatic nitrogens is 2. The van der Waals surface area contributed by atoms with Crippen molar-refractivity contribution in [3.63, 3.8) is 0 Å². The zero-order valence-electron chi connectivity index (χ0n) is 12.7. The summed E-state index contributed by atoms with van der Waals surface area (Å²) in [4.78, 5) is 11.7. The van der Waals surface area contributed by atoms with E-state index >= 15 is 0 Å². The molecule has 0 radical (unpaired) electrons. The monoisotopic (exact) mass is 343 g/mol. The lowest BCUT2D eigenvalue weighted by molar-refractivity contribution is -0.137. The third-order valence-corrected chi connectivity index (χ3v) is 3.01. The van der Waals surface area contributed by atoms with Crippen LogP contribution in [0.4, 0.5) is 17.6 Å². The van der Waals surface area contributed by atoms with Crippen molar-refractivity contribution in [1.82, 2.24) is 15.5 Å². The number of benzene rings is 1. The number of aryl methyl sites for hydroxylation is 1. The van der Waals surface area contributed by atoms with E-state index in [2.05, 4.69) is 15.5 Å². The summed E-state index contributed by atoms with van der Waals surface area (Å²) in [7, 11) is 0. The Balaban J connectivity index is 2.05. The number of carbonyl (C=O) groups is 1. The minimum Gasteiger partial charge on any atom is -0.423 e. The first-order valence-electron chi connectivity index (χ1n) is 6.82. The summed E-state index contributed by atoms with van der Waals surface area (Å²) in [5.41, 5.74) is -0.734. The van der Waals surface area contributed by atoms with Gasteiger partial charge in [0.25, 0.3) is 5.91 Å². The predicted molar refractivity (Wildman–Crippen MR) is 76.1 cm³/mol. The average Bonchev–Trinajstić information content (AvgIpc) is 2.93. The SMILES string of the molecule is Cc1nnc(C(C)NC(=O)C(F)=Cc2ccc(C(F)(F)F)cc2)o1. The third kappa shape index (κ3) is 4.40. The van der Waals surface area contributed by atoms with Gasteiger partial charge in [-0.2, -0.15) is 13.2 Å². The molecule has 0 aliphatic carbocycles. The number of rotatable bonds is 4. The molecule has 5 nitrogen and oxygen atoms in total. The van der Waals surface area contributed by atoms with Crippen LogP contribution in [-0.4, -0.2) is 16.1 Å². The molecule has 1 N–H and O–H groups in total. The van der Waals surface area contributed by atoms with E-state index in [-0.39, 0.29) is 11.5 Å². The van der Waals surface area contributed by atoms with Crippen LogP contribution in [0.1, 0.15) is 35.9 Å². The Morgan fingerprint density at radius 1 is 1.25 bits per heavy atom. The van der Waals surface area contributed by atoms with Crippen LogP contribution in [0.2, 0.25) is 0 Å². The van der Waals surface area contributed by atoms with E-state index in [4.69, 9.17) is 4.42 Å². The minimum absolute atomic E-state index is 0.114. The van der Waals surface area contributed by atoms with Crippen molar-refractivity contribution >= 4 is 12.0 Å². The fourth-order valence-electron chi connectivity index (χ4n) is 1.79. The van der Waals surface area contributed by atoms with E-state index < -0.39 is 29.5 Å². The highest BCUT2D eigenvalue weighted by molar-refractivity contribution is 5.95. The van der Waals surface area contributed by atoms with Crippen LogP contribution in [0.15, 0.2) is 34.5 Å². The second kappa shape index (κ2) is 6.81. The number of carbonyl (C=O) groups excluding carboxylic acids is 1. The maximum atomic E-state index is 13.9. The number of halogens is 4. The zero-order valence-corrected chi connectivity index (χ0v) is 12.7. The number of hydrogen-bond donors (Lipinski definition) is 1. The van der Waals surface area contributed by atoms with Gasteiger partial charge in [0.2, 0.25) is 11.8 Å². The highest BCUT2D eigenvalue weighted by Crippen LogP contribution is 2.29. The van der Waals surface area contributed by atoms with Gasteiger partial charge >= 0.3 is 6.18 Å². The molecular weight excluding hydrogens is 330 g/mol. The Morgan fingerprint density at radius 2 is 1.88 bits per heavy atom. The second-order valence-corrected chi connectivity index (χ2v) is 4.97. The predicted octanol–water partition coefficient (Wildman–Crippen LogP) is 3.58. The number of nitrogens with zero attached hydrogens (tertiary/aromatic N) is 2. The molecule has 1 amide bonds. The van der Waals surface area contributed by atoms with Crippen LogP contribution in [0.25, 0.3) is 6.08 Å². The molecule has 0 spiro atoms. The number of hydrogen-bond acceptors (Lipinski definition) is 4. The topological polar surface area (TPSA) is 68.0 Å². The standard InChI is InChI=1S/C15H13F4N3O2/c1-8(14-22-21-9(2)24-14)20-13(23)12(16)7-10-3-5-11(6-4-10)15(17,18)19/h3-8H,1-2H3,(H,20,23). The molecule has 0 saturated carbocycles. The summed E-state index contributed by atoms with van der Waals surface area (Å²) in [5.74, 6) is -1.79. The van der Waals surface area contributed by atoms with Gasteiger partial charge in [0.15, 0.2) is 5.83 Å². The van der Waals surface area contributed by atoms with Gasteiger partial charge in [0, 0.05) is 6.92 Å². The number of amides is 1. The lowest BCUT2D eigenvalue weighted by Gasteiger charge is -2.09. The largest absolute Gasteiger partial charge is 0.423 e. The van der Waals surface area contributed by atoms with Crippen molar-refractivity contribution in [3.05, 3.63) is 53.0 Å². The summed E-state index contributed by atoms with van der Waals surface area (Å²) in [5, 5.41) is 9.59. The van der Waals surface area contributed by atoms with Gasteiger partial charge in [0.1, 0.15) is 6.04 Å². The van der Waals surface area contributed by atoms with Crippen LogP contribution in [0.3, 0.4) is 0 Å². The molecule has 1 atom stereocenters. The highest BCUT2D eigenvalue weighted by Gasteiger charge is 2.29. The first kappa shape index (κ1) is 17.6. The smallest absolute Gasteiger partial charge is 0.416 e. The maximum absolute atomic E-state index is 13.9. The lowest BCUT2D eigenvalue weighted by Crippen LogP contribution is -2.27. The fourth-order valence-corrected chi connectivity index (χ4v) is 1.79. The molecule has 1 heterocycles. The summed E-state index contributed by atoms with van der Waals surface area (Å²) < 4.78 is 56.3. The van der Waals surface area contributed by atoms with E-state index in [1.54, 1.807) is 6.92 Å². The summed E-state index contributed by atoms with van der Waals surface area (Å²) >= 11 is 0. The van der Waals surface area contributed by atoms with Crippen molar-refractivity contribution in [3.8, 4) is 0 Å². The number of nitrogens with one attached hydrogen (secondary N) is 1. The summed E-state index contributed by atoms with van der Waals surface area (Å²) in [6.07, 6.45) is -3.64. The van der Waals surface area contributed by atoms with Gasteiger partial charge in [-0.05, 0) is 30.7 Å². The fraction of sp³-hybridized carbons (Fsp3) is 0.267. The molecular formula is C15H13F4N3O2. The molecule has 1 aromatic heterocycles. The quantitative estimate of drug-likeness (QED) is 0.680. The summed E-state index contributed by atoms with van der Waals surface area (Å²) in [6, 6.07) is 3.04. The molecule has 24 heavy (non-hydrogen) atoms. The van der Waals surface area contributed by atoms with Crippen molar-refractivity contribution in [2.24, 2.45) is 0 Å².